The number of likely N-dealkylation sites (tertiary alicyclic amines) is 1. The van der Waals surface area contributed by atoms with Gasteiger partial charge in [-0.3, -0.25) is 4.79 Å². The minimum absolute atomic E-state index is 0.117. The molecular formula is C18H25NO2. The lowest BCUT2D eigenvalue weighted by atomic mass is 9.80. The van der Waals surface area contributed by atoms with Crippen molar-refractivity contribution in [3.05, 3.63) is 35.9 Å². The van der Waals surface area contributed by atoms with Crippen LogP contribution in [0.3, 0.4) is 0 Å². The highest BCUT2D eigenvalue weighted by atomic mass is 16.3. The fourth-order valence-electron chi connectivity index (χ4n) is 3.88. The molecule has 114 valence electrons. The number of aliphatic hydroxyl groups is 1. The third-order valence-electron chi connectivity index (χ3n) is 5.09. The van der Waals surface area contributed by atoms with Crippen molar-refractivity contribution in [2.75, 3.05) is 6.54 Å². The van der Waals surface area contributed by atoms with Crippen LogP contribution in [-0.4, -0.2) is 28.1 Å². The van der Waals surface area contributed by atoms with Gasteiger partial charge in [0.2, 0.25) is 5.91 Å². The van der Waals surface area contributed by atoms with E-state index in [4.69, 9.17) is 0 Å². The predicted octanol–water partition coefficient (Wildman–Crippen LogP) is 3.29. The molecule has 2 fully saturated rings. The molecule has 1 heterocycles. The van der Waals surface area contributed by atoms with Crippen LogP contribution >= 0.6 is 0 Å². The summed E-state index contributed by atoms with van der Waals surface area (Å²) in [7, 11) is 0. The minimum atomic E-state index is -0.755. The first-order valence-corrected chi connectivity index (χ1v) is 8.16. The van der Waals surface area contributed by atoms with E-state index in [0.29, 0.717) is 12.3 Å². The zero-order chi connectivity index (χ0) is 14.9. The molecule has 1 N–H and O–H groups in total. The molecule has 1 amide bonds. The van der Waals surface area contributed by atoms with Crippen LogP contribution in [0.25, 0.3) is 0 Å². The summed E-state index contributed by atoms with van der Waals surface area (Å²) < 4.78 is 0. The molecule has 2 aliphatic rings. The van der Waals surface area contributed by atoms with Crippen LogP contribution in [0.1, 0.15) is 57.1 Å². The Hall–Kier alpha value is -1.35. The van der Waals surface area contributed by atoms with Gasteiger partial charge < -0.3 is 10.0 Å². The maximum absolute atomic E-state index is 12.6. The van der Waals surface area contributed by atoms with E-state index in [9.17, 15) is 9.90 Å². The average molecular weight is 287 g/mol. The Balaban J connectivity index is 1.67. The number of rotatable bonds is 3. The maximum atomic E-state index is 12.6. The average Bonchev–Trinajstić information content (AvgIpc) is 2.46. The number of amides is 1. The van der Waals surface area contributed by atoms with Gasteiger partial charge in [0.1, 0.15) is 0 Å². The third-order valence-corrected chi connectivity index (χ3v) is 5.09. The van der Waals surface area contributed by atoms with Gasteiger partial charge in [0.25, 0.3) is 0 Å². The molecular weight excluding hydrogens is 262 g/mol. The molecule has 0 aromatic heterocycles. The van der Waals surface area contributed by atoms with Crippen LogP contribution in [-0.2, 0) is 4.79 Å². The van der Waals surface area contributed by atoms with E-state index in [1.165, 1.54) is 12.0 Å². The molecule has 2 atom stereocenters. The van der Waals surface area contributed by atoms with Gasteiger partial charge >= 0.3 is 0 Å². The molecule has 0 radical (unpaired) electrons. The van der Waals surface area contributed by atoms with E-state index in [2.05, 4.69) is 19.1 Å². The van der Waals surface area contributed by atoms with Gasteiger partial charge in [0.05, 0.1) is 18.1 Å². The molecule has 3 nitrogen and oxygen atoms in total. The van der Waals surface area contributed by atoms with E-state index < -0.39 is 5.60 Å². The number of carbonyl (C=O) groups is 1. The Morgan fingerprint density at radius 2 is 1.90 bits per heavy atom. The highest BCUT2D eigenvalue weighted by Crippen LogP contribution is 2.40. The molecule has 1 saturated heterocycles. The van der Waals surface area contributed by atoms with Gasteiger partial charge in [-0.15, -0.1) is 0 Å². The quantitative estimate of drug-likeness (QED) is 0.926. The lowest BCUT2D eigenvalue weighted by molar-refractivity contribution is -0.150. The van der Waals surface area contributed by atoms with Crippen LogP contribution < -0.4 is 0 Å². The monoisotopic (exact) mass is 287 g/mol. The van der Waals surface area contributed by atoms with Crippen LogP contribution in [0.15, 0.2) is 30.3 Å². The second kappa shape index (κ2) is 5.80. The van der Waals surface area contributed by atoms with E-state index in [1.807, 2.05) is 23.1 Å². The van der Waals surface area contributed by atoms with Crippen LogP contribution in [0.4, 0.5) is 0 Å². The summed E-state index contributed by atoms with van der Waals surface area (Å²) >= 11 is 0. The zero-order valence-electron chi connectivity index (χ0n) is 12.8. The van der Waals surface area contributed by atoms with Gasteiger partial charge in [-0.25, -0.2) is 0 Å². The van der Waals surface area contributed by atoms with Crippen molar-refractivity contribution in [3.8, 4) is 0 Å². The second-order valence-electron chi connectivity index (χ2n) is 6.84. The molecule has 1 aromatic rings. The van der Waals surface area contributed by atoms with Gasteiger partial charge in [-0.1, -0.05) is 56.5 Å². The van der Waals surface area contributed by atoms with Crippen LogP contribution in [0, 0.1) is 5.92 Å². The van der Waals surface area contributed by atoms with Crippen molar-refractivity contribution in [2.24, 2.45) is 5.92 Å². The van der Waals surface area contributed by atoms with E-state index in [1.54, 1.807) is 0 Å². The minimum Gasteiger partial charge on any atom is -0.389 e. The molecule has 0 bridgehead atoms. The van der Waals surface area contributed by atoms with Gasteiger partial charge in [0.15, 0.2) is 0 Å². The van der Waals surface area contributed by atoms with E-state index in [0.717, 1.165) is 32.2 Å². The van der Waals surface area contributed by atoms with Crippen molar-refractivity contribution in [1.29, 1.82) is 0 Å². The van der Waals surface area contributed by atoms with E-state index in [-0.39, 0.29) is 11.9 Å². The lowest BCUT2D eigenvalue weighted by Crippen LogP contribution is -2.53. The molecule has 3 heteroatoms. The topological polar surface area (TPSA) is 40.5 Å². The first-order valence-electron chi connectivity index (χ1n) is 8.16. The van der Waals surface area contributed by atoms with Gasteiger partial charge in [0, 0.05) is 6.54 Å². The molecule has 0 spiro atoms. The highest BCUT2D eigenvalue weighted by molar-refractivity contribution is 5.78. The van der Waals surface area contributed by atoms with Crippen molar-refractivity contribution in [3.63, 3.8) is 0 Å². The zero-order valence-corrected chi connectivity index (χ0v) is 12.8. The molecule has 1 aliphatic heterocycles. The largest absolute Gasteiger partial charge is 0.389 e. The summed E-state index contributed by atoms with van der Waals surface area (Å²) in [6, 6.07) is 10.4. The smallest absolute Gasteiger partial charge is 0.226 e. The maximum Gasteiger partial charge on any atom is 0.226 e. The predicted molar refractivity (Wildman–Crippen MR) is 82.7 cm³/mol. The number of hydrogen-bond donors (Lipinski definition) is 1. The van der Waals surface area contributed by atoms with Crippen molar-refractivity contribution in [2.45, 2.75) is 57.1 Å². The SMILES string of the molecule is CC1CN(C(=O)CC2(O)CCCCC2)C1c1ccccc1. The molecule has 1 saturated carbocycles. The molecule has 3 rings (SSSR count). The number of benzene rings is 1. The Morgan fingerprint density at radius 1 is 1.24 bits per heavy atom. The van der Waals surface area contributed by atoms with Crippen molar-refractivity contribution < 1.29 is 9.90 Å². The standard InChI is InChI=1S/C18H25NO2/c1-14-13-19(17(14)15-8-4-2-5-9-15)16(20)12-18(21)10-6-3-7-11-18/h2,4-5,8-9,14,17,21H,3,6-7,10-13H2,1H3. The number of nitrogens with zero attached hydrogens (tertiary/aromatic N) is 1. The Labute approximate surface area is 127 Å². The van der Waals surface area contributed by atoms with Crippen LogP contribution in [0.5, 0.6) is 0 Å². The third kappa shape index (κ3) is 2.98. The summed E-state index contributed by atoms with van der Waals surface area (Å²) in [6.07, 6.45) is 5.12. The molecule has 1 aliphatic carbocycles. The Bertz CT molecular complexity index is 493. The first-order chi connectivity index (χ1) is 10.1. The first kappa shape index (κ1) is 14.6. The van der Waals surface area contributed by atoms with Crippen LogP contribution in [0.2, 0.25) is 0 Å². The number of hydrogen-bond acceptors (Lipinski definition) is 2. The molecule has 2 unspecified atom stereocenters. The summed E-state index contributed by atoms with van der Waals surface area (Å²) in [5.41, 5.74) is 0.454. The molecule has 1 aromatic carbocycles. The van der Waals surface area contributed by atoms with Crippen molar-refractivity contribution in [1.82, 2.24) is 4.90 Å². The Kier molecular flexibility index (Phi) is 4.03. The normalized spacial score (nSPS) is 28.0. The van der Waals surface area contributed by atoms with Crippen molar-refractivity contribution >= 4 is 5.91 Å². The summed E-state index contributed by atoms with van der Waals surface area (Å²) in [5, 5.41) is 10.6. The van der Waals surface area contributed by atoms with E-state index >= 15 is 0 Å². The molecule has 21 heavy (non-hydrogen) atoms. The summed E-state index contributed by atoms with van der Waals surface area (Å²) in [6.45, 7) is 3.01. The Morgan fingerprint density at radius 3 is 2.52 bits per heavy atom. The fraction of sp³-hybridized carbons (Fsp3) is 0.611. The fourth-order valence-corrected chi connectivity index (χ4v) is 3.88. The highest BCUT2D eigenvalue weighted by Gasteiger charge is 2.42. The van der Waals surface area contributed by atoms with Gasteiger partial charge in [-0.05, 0) is 24.3 Å². The number of carbonyl (C=O) groups excluding carboxylic acids is 1. The van der Waals surface area contributed by atoms with Gasteiger partial charge in [-0.2, -0.15) is 0 Å². The second-order valence-corrected chi connectivity index (χ2v) is 6.84. The lowest BCUT2D eigenvalue weighted by Gasteiger charge is -2.48. The summed E-state index contributed by atoms with van der Waals surface area (Å²) in [5.74, 6) is 0.615. The summed E-state index contributed by atoms with van der Waals surface area (Å²) in [4.78, 5) is 14.5.